The smallest absolute Gasteiger partial charge is 0.251 e. The third-order valence-electron chi connectivity index (χ3n) is 3.20. The minimum Gasteiger partial charge on any atom is -0.395 e. The van der Waals surface area contributed by atoms with Gasteiger partial charge < -0.3 is 10.4 Å². The van der Waals surface area contributed by atoms with Crippen molar-refractivity contribution in [1.82, 2.24) is 5.32 Å². The van der Waals surface area contributed by atoms with E-state index in [1.807, 2.05) is 25.1 Å². The van der Waals surface area contributed by atoms with Crippen LogP contribution in [0.4, 0.5) is 0 Å². The second-order valence-electron chi connectivity index (χ2n) is 5.60. The van der Waals surface area contributed by atoms with Gasteiger partial charge in [-0.3, -0.25) is 4.79 Å². The minimum atomic E-state index is -0.0398. The van der Waals surface area contributed by atoms with E-state index in [0.29, 0.717) is 24.4 Å². The molecule has 0 atom stereocenters. The van der Waals surface area contributed by atoms with Gasteiger partial charge in [-0.15, -0.1) is 0 Å². The van der Waals surface area contributed by atoms with E-state index in [1.165, 1.54) is 0 Å². The highest BCUT2D eigenvalue weighted by Gasteiger charge is 2.09. The SMILES string of the molecule is Cc1ccc(C#CCCO)cc1C(=O)NCCCC(C)C. The van der Waals surface area contributed by atoms with Crippen molar-refractivity contribution < 1.29 is 9.90 Å². The Morgan fingerprint density at radius 3 is 2.81 bits per heavy atom. The van der Waals surface area contributed by atoms with Crippen molar-refractivity contribution in [3.05, 3.63) is 34.9 Å². The molecule has 0 radical (unpaired) electrons. The largest absolute Gasteiger partial charge is 0.395 e. The zero-order valence-electron chi connectivity index (χ0n) is 13.2. The molecule has 0 fully saturated rings. The Labute approximate surface area is 127 Å². The number of aliphatic hydroxyl groups excluding tert-OH is 1. The summed E-state index contributed by atoms with van der Waals surface area (Å²) >= 11 is 0. The van der Waals surface area contributed by atoms with E-state index in [-0.39, 0.29) is 12.5 Å². The molecule has 1 amide bonds. The lowest BCUT2D eigenvalue weighted by Gasteiger charge is -2.09. The van der Waals surface area contributed by atoms with Crippen molar-refractivity contribution in [3.8, 4) is 11.8 Å². The molecule has 0 bridgehead atoms. The summed E-state index contributed by atoms with van der Waals surface area (Å²) in [6, 6.07) is 5.62. The number of hydrogen-bond acceptors (Lipinski definition) is 2. The van der Waals surface area contributed by atoms with Crippen LogP contribution < -0.4 is 5.32 Å². The van der Waals surface area contributed by atoms with Crippen LogP contribution in [0.15, 0.2) is 18.2 Å². The maximum Gasteiger partial charge on any atom is 0.251 e. The molecule has 0 aromatic heterocycles. The Morgan fingerprint density at radius 2 is 2.14 bits per heavy atom. The molecule has 1 rings (SSSR count). The van der Waals surface area contributed by atoms with Crippen LogP contribution in [0, 0.1) is 24.7 Å². The monoisotopic (exact) mass is 287 g/mol. The Kier molecular flexibility index (Phi) is 7.56. The zero-order chi connectivity index (χ0) is 15.7. The van der Waals surface area contributed by atoms with Crippen molar-refractivity contribution in [2.24, 2.45) is 5.92 Å². The van der Waals surface area contributed by atoms with Gasteiger partial charge >= 0.3 is 0 Å². The molecule has 0 spiro atoms. The predicted molar refractivity (Wildman–Crippen MR) is 86.2 cm³/mol. The van der Waals surface area contributed by atoms with Crippen LogP contribution >= 0.6 is 0 Å². The molecule has 0 unspecified atom stereocenters. The topological polar surface area (TPSA) is 49.3 Å². The van der Waals surface area contributed by atoms with Crippen molar-refractivity contribution in [2.45, 2.75) is 40.0 Å². The van der Waals surface area contributed by atoms with Crippen molar-refractivity contribution in [3.63, 3.8) is 0 Å². The lowest BCUT2D eigenvalue weighted by molar-refractivity contribution is 0.0952. The van der Waals surface area contributed by atoms with E-state index in [0.717, 1.165) is 24.0 Å². The second kappa shape index (κ2) is 9.20. The predicted octanol–water partition coefficient (Wildman–Crippen LogP) is 2.89. The van der Waals surface area contributed by atoms with Gasteiger partial charge in [0.1, 0.15) is 0 Å². The highest BCUT2D eigenvalue weighted by molar-refractivity contribution is 5.96. The summed E-state index contributed by atoms with van der Waals surface area (Å²) in [4.78, 5) is 12.2. The first-order valence-electron chi connectivity index (χ1n) is 7.53. The number of hydrogen-bond donors (Lipinski definition) is 2. The van der Waals surface area contributed by atoms with Crippen molar-refractivity contribution in [1.29, 1.82) is 0 Å². The number of aliphatic hydroxyl groups is 1. The van der Waals surface area contributed by atoms with Crippen molar-refractivity contribution in [2.75, 3.05) is 13.2 Å². The van der Waals surface area contributed by atoms with Gasteiger partial charge in [0.05, 0.1) is 6.61 Å². The van der Waals surface area contributed by atoms with Crippen LogP contribution in [0.5, 0.6) is 0 Å². The molecule has 21 heavy (non-hydrogen) atoms. The average molecular weight is 287 g/mol. The van der Waals surface area contributed by atoms with Gasteiger partial charge in [-0.2, -0.15) is 0 Å². The Bertz CT molecular complexity index is 524. The van der Waals surface area contributed by atoms with E-state index in [4.69, 9.17) is 5.11 Å². The number of carbonyl (C=O) groups excluding carboxylic acids is 1. The van der Waals surface area contributed by atoms with Gasteiger partial charge in [0.2, 0.25) is 0 Å². The molecule has 0 saturated heterocycles. The number of aryl methyl sites for hydroxylation is 1. The number of carbonyl (C=O) groups is 1. The fourth-order valence-electron chi connectivity index (χ4n) is 1.97. The fraction of sp³-hybridized carbons (Fsp3) is 0.500. The van der Waals surface area contributed by atoms with Gasteiger partial charge in [-0.1, -0.05) is 31.8 Å². The number of benzene rings is 1. The Morgan fingerprint density at radius 1 is 1.38 bits per heavy atom. The van der Waals surface area contributed by atoms with E-state index in [1.54, 1.807) is 0 Å². The van der Waals surface area contributed by atoms with Gasteiger partial charge in [-0.25, -0.2) is 0 Å². The third-order valence-corrected chi connectivity index (χ3v) is 3.20. The molecule has 0 aliphatic rings. The van der Waals surface area contributed by atoms with Gasteiger partial charge in [0, 0.05) is 24.1 Å². The van der Waals surface area contributed by atoms with Crippen LogP contribution in [0.1, 0.15) is 54.6 Å². The summed E-state index contributed by atoms with van der Waals surface area (Å²) in [6.07, 6.45) is 2.56. The summed E-state index contributed by atoms with van der Waals surface area (Å²) in [7, 11) is 0. The summed E-state index contributed by atoms with van der Waals surface area (Å²) in [5, 5.41) is 11.7. The third kappa shape index (κ3) is 6.46. The first kappa shape index (κ1) is 17.3. The molecule has 0 aliphatic carbocycles. The number of rotatable bonds is 6. The van der Waals surface area contributed by atoms with Crippen LogP contribution in [-0.4, -0.2) is 24.2 Å². The molecule has 0 aliphatic heterocycles. The van der Waals surface area contributed by atoms with Crippen LogP contribution in [0.3, 0.4) is 0 Å². The summed E-state index contributed by atoms with van der Waals surface area (Å²) in [5.74, 6) is 6.45. The average Bonchev–Trinajstić information content (AvgIpc) is 2.45. The molecular weight excluding hydrogens is 262 g/mol. The molecule has 3 nitrogen and oxygen atoms in total. The Hall–Kier alpha value is -1.79. The summed E-state index contributed by atoms with van der Waals surface area (Å²) in [6.45, 7) is 7.05. The lowest BCUT2D eigenvalue weighted by Crippen LogP contribution is -2.25. The maximum atomic E-state index is 12.2. The first-order valence-corrected chi connectivity index (χ1v) is 7.53. The normalized spacial score (nSPS) is 10.1. The Balaban J connectivity index is 2.66. The van der Waals surface area contributed by atoms with E-state index < -0.39 is 0 Å². The number of amides is 1. The van der Waals surface area contributed by atoms with Crippen LogP contribution in [0.2, 0.25) is 0 Å². The van der Waals surface area contributed by atoms with Gasteiger partial charge in [0.25, 0.3) is 5.91 Å². The van der Waals surface area contributed by atoms with E-state index in [2.05, 4.69) is 31.0 Å². The van der Waals surface area contributed by atoms with Crippen LogP contribution in [0.25, 0.3) is 0 Å². The molecule has 3 heteroatoms. The van der Waals surface area contributed by atoms with E-state index >= 15 is 0 Å². The first-order chi connectivity index (χ1) is 10.0. The molecule has 0 saturated carbocycles. The van der Waals surface area contributed by atoms with E-state index in [9.17, 15) is 4.79 Å². The lowest BCUT2D eigenvalue weighted by atomic mass is 10.0. The highest BCUT2D eigenvalue weighted by Crippen LogP contribution is 2.11. The fourth-order valence-corrected chi connectivity index (χ4v) is 1.97. The molecule has 2 N–H and O–H groups in total. The summed E-state index contributed by atoms with van der Waals surface area (Å²) in [5.41, 5.74) is 2.43. The number of nitrogens with one attached hydrogen (secondary N) is 1. The molecule has 0 heterocycles. The molecule has 1 aromatic rings. The maximum absolute atomic E-state index is 12.2. The molecular formula is C18H25NO2. The van der Waals surface area contributed by atoms with Crippen molar-refractivity contribution >= 4 is 5.91 Å². The second-order valence-corrected chi connectivity index (χ2v) is 5.60. The van der Waals surface area contributed by atoms with Gasteiger partial charge in [-0.05, 0) is 43.4 Å². The molecule has 114 valence electrons. The zero-order valence-corrected chi connectivity index (χ0v) is 13.2. The van der Waals surface area contributed by atoms with Crippen LogP contribution in [-0.2, 0) is 0 Å². The summed E-state index contributed by atoms with van der Waals surface area (Å²) < 4.78 is 0. The molecule has 1 aromatic carbocycles. The standard InChI is InChI=1S/C18H25NO2/c1-14(2)7-6-11-19-18(21)17-13-16(8-4-5-12-20)10-9-15(17)3/h9-10,13-14,20H,5-7,11-12H2,1-3H3,(H,19,21). The highest BCUT2D eigenvalue weighted by atomic mass is 16.2. The van der Waals surface area contributed by atoms with Gasteiger partial charge in [0.15, 0.2) is 0 Å². The minimum absolute atomic E-state index is 0.0398. The quantitative estimate of drug-likeness (QED) is 0.624.